The lowest BCUT2D eigenvalue weighted by Gasteiger charge is -2.18. The first-order valence-electron chi connectivity index (χ1n) is 9.04. The summed E-state index contributed by atoms with van der Waals surface area (Å²) >= 11 is 0. The van der Waals surface area contributed by atoms with Crippen molar-refractivity contribution in [3.05, 3.63) is 48.0 Å². The molecule has 1 aliphatic rings. The number of carbonyl (C=O) groups excluding carboxylic acids is 1. The Kier molecular flexibility index (Phi) is 6.84. The highest BCUT2D eigenvalue weighted by Crippen LogP contribution is 2.31. The Labute approximate surface area is 161 Å². The summed E-state index contributed by atoms with van der Waals surface area (Å²) in [6, 6.07) is 12.9. The lowest BCUT2D eigenvalue weighted by molar-refractivity contribution is -0.115. The molecule has 0 saturated heterocycles. The Hall–Kier alpha value is -2.38. The van der Waals surface area contributed by atoms with Crippen LogP contribution in [0.25, 0.3) is 0 Å². The van der Waals surface area contributed by atoms with E-state index in [-0.39, 0.29) is 18.1 Å². The second kappa shape index (κ2) is 9.53. The third kappa shape index (κ3) is 5.30. The molecule has 2 aromatic carbocycles. The zero-order valence-corrected chi connectivity index (χ0v) is 16.1. The number of carbonyl (C=O) groups is 1. The van der Waals surface area contributed by atoms with Crippen molar-refractivity contribution in [3.8, 4) is 11.5 Å². The second-order valence-corrected chi connectivity index (χ2v) is 7.66. The molecule has 1 atom stereocenters. The molecule has 3 rings (SSSR count). The second-order valence-electron chi connectivity index (χ2n) is 6.09. The van der Waals surface area contributed by atoms with E-state index in [1.807, 2.05) is 31.2 Å². The first-order chi connectivity index (χ1) is 13.2. The van der Waals surface area contributed by atoms with Crippen molar-refractivity contribution in [2.75, 3.05) is 30.8 Å². The molecule has 2 aromatic rings. The monoisotopic (exact) mass is 388 g/mol. The third-order valence-electron chi connectivity index (χ3n) is 4.15. The molecule has 27 heavy (non-hydrogen) atoms. The van der Waals surface area contributed by atoms with Gasteiger partial charge in [-0.05, 0) is 30.3 Å². The van der Waals surface area contributed by atoms with Crippen molar-refractivity contribution >= 4 is 22.4 Å². The molecule has 0 saturated carbocycles. The number of anilines is 1. The van der Waals surface area contributed by atoms with Crippen LogP contribution in [0.4, 0.5) is 5.69 Å². The van der Waals surface area contributed by atoms with E-state index in [9.17, 15) is 9.00 Å². The molecule has 0 spiro atoms. The third-order valence-corrected chi connectivity index (χ3v) is 5.50. The van der Waals surface area contributed by atoms with Crippen molar-refractivity contribution in [3.63, 3.8) is 0 Å². The van der Waals surface area contributed by atoms with Gasteiger partial charge in [0, 0.05) is 35.4 Å². The lowest BCUT2D eigenvalue weighted by atomic mass is 10.1. The Morgan fingerprint density at radius 1 is 1.11 bits per heavy atom. The maximum absolute atomic E-state index is 12.5. The fraction of sp³-hybridized carbons (Fsp3) is 0.350. The summed E-state index contributed by atoms with van der Waals surface area (Å²) in [5, 5.41) is 6.17. The Morgan fingerprint density at radius 2 is 1.89 bits per heavy atom. The van der Waals surface area contributed by atoms with Gasteiger partial charge in [-0.25, -0.2) is 0 Å². The minimum absolute atomic E-state index is 0.148. The highest BCUT2D eigenvalue weighted by molar-refractivity contribution is 7.85. The van der Waals surface area contributed by atoms with E-state index < -0.39 is 10.8 Å². The van der Waals surface area contributed by atoms with E-state index in [1.54, 1.807) is 18.2 Å². The predicted molar refractivity (Wildman–Crippen MR) is 106 cm³/mol. The Balaban J connectivity index is 1.55. The summed E-state index contributed by atoms with van der Waals surface area (Å²) in [7, 11) is -1.28. The van der Waals surface area contributed by atoms with Crippen LogP contribution in [-0.4, -0.2) is 35.6 Å². The van der Waals surface area contributed by atoms with Crippen LogP contribution in [0, 0.1) is 0 Å². The largest absolute Gasteiger partial charge is 0.486 e. The van der Waals surface area contributed by atoms with E-state index >= 15 is 0 Å². The zero-order valence-electron chi connectivity index (χ0n) is 15.3. The van der Waals surface area contributed by atoms with Crippen LogP contribution >= 0.6 is 0 Å². The molecule has 0 aliphatic carbocycles. The standard InChI is InChI=1S/C20H24N2O4S/c1-2-21-14-15-5-3-4-6-17(15)22-20(23)9-12-27(24)16-7-8-18-19(13-16)26-11-10-25-18/h3-8,13,21H,2,9-12,14H2,1H3,(H,22,23). The zero-order chi connectivity index (χ0) is 19.1. The molecule has 6 nitrogen and oxygen atoms in total. The predicted octanol–water partition coefficient (Wildman–Crippen LogP) is 2.70. The average molecular weight is 388 g/mol. The maximum atomic E-state index is 12.5. The van der Waals surface area contributed by atoms with Gasteiger partial charge in [-0.2, -0.15) is 0 Å². The van der Waals surface area contributed by atoms with Crippen LogP contribution < -0.4 is 20.1 Å². The highest BCUT2D eigenvalue weighted by Gasteiger charge is 2.15. The van der Waals surface area contributed by atoms with Crippen LogP contribution in [0.3, 0.4) is 0 Å². The van der Waals surface area contributed by atoms with Gasteiger partial charge in [-0.3, -0.25) is 9.00 Å². The first-order valence-corrected chi connectivity index (χ1v) is 10.4. The number of rotatable bonds is 8. The molecule has 144 valence electrons. The lowest BCUT2D eigenvalue weighted by Crippen LogP contribution is -2.18. The molecule has 0 aromatic heterocycles. The van der Waals surface area contributed by atoms with Gasteiger partial charge in [0.1, 0.15) is 13.2 Å². The number of benzene rings is 2. The summed E-state index contributed by atoms with van der Waals surface area (Å²) in [5.74, 6) is 1.37. The summed E-state index contributed by atoms with van der Waals surface area (Å²) < 4.78 is 23.5. The number of hydrogen-bond acceptors (Lipinski definition) is 5. The molecule has 0 radical (unpaired) electrons. The van der Waals surface area contributed by atoms with Crippen molar-refractivity contribution < 1.29 is 18.5 Å². The smallest absolute Gasteiger partial charge is 0.225 e. The van der Waals surface area contributed by atoms with Gasteiger partial charge < -0.3 is 20.1 Å². The van der Waals surface area contributed by atoms with Crippen LogP contribution in [0.2, 0.25) is 0 Å². The summed E-state index contributed by atoms with van der Waals surface area (Å²) in [5.41, 5.74) is 1.81. The highest BCUT2D eigenvalue weighted by atomic mass is 32.2. The SMILES string of the molecule is CCNCc1ccccc1NC(=O)CCS(=O)c1ccc2c(c1)OCCO2. The van der Waals surface area contributed by atoms with Crippen molar-refractivity contribution in [2.45, 2.75) is 24.8 Å². The van der Waals surface area contributed by atoms with Crippen LogP contribution in [0.1, 0.15) is 18.9 Å². The molecule has 1 unspecified atom stereocenters. The average Bonchev–Trinajstić information content (AvgIpc) is 2.71. The van der Waals surface area contributed by atoms with Crippen molar-refractivity contribution in [1.82, 2.24) is 5.32 Å². The van der Waals surface area contributed by atoms with Crippen LogP contribution in [-0.2, 0) is 22.1 Å². The topological polar surface area (TPSA) is 76.7 Å². The Morgan fingerprint density at radius 3 is 2.70 bits per heavy atom. The van der Waals surface area contributed by atoms with Gasteiger partial charge in [-0.15, -0.1) is 0 Å². The van der Waals surface area contributed by atoms with E-state index in [0.717, 1.165) is 17.8 Å². The molecule has 1 heterocycles. The van der Waals surface area contributed by atoms with Gasteiger partial charge in [0.05, 0.1) is 10.8 Å². The molecule has 2 N–H and O–H groups in total. The minimum Gasteiger partial charge on any atom is -0.486 e. The molecule has 0 fully saturated rings. The van der Waals surface area contributed by atoms with E-state index in [2.05, 4.69) is 10.6 Å². The maximum Gasteiger partial charge on any atom is 0.225 e. The number of hydrogen-bond donors (Lipinski definition) is 2. The van der Waals surface area contributed by atoms with E-state index in [1.165, 1.54) is 0 Å². The molecule has 1 aliphatic heterocycles. The van der Waals surface area contributed by atoms with Gasteiger partial charge >= 0.3 is 0 Å². The molecule has 0 bridgehead atoms. The molecular weight excluding hydrogens is 364 g/mol. The molecular formula is C20H24N2O4S. The number of ether oxygens (including phenoxy) is 2. The van der Waals surface area contributed by atoms with E-state index in [0.29, 0.717) is 36.2 Å². The van der Waals surface area contributed by atoms with Gasteiger partial charge in [0.25, 0.3) is 0 Å². The van der Waals surface area contributed by atoms with Crippen LogP contribution in [0.5, 0.6) is 11.5 Å². The molecule has 7 heteroatoms. The quantitative estimate of drug-likeness (QED) is 0.727. The van der Waals surface area contributed by atoms with Gasteiger partial charge in [0.15, 0.2) is 11.5 Å². The number of para-hydroxylation sites is 1. The van der Waals surface area contributed by atoms with Gasteiger partial charge in [0.2, 0.25) is 5.91 Å². The first kappa shape index (κ1) is 19.4. The van der Waals surface area contributed by atoms with Crippen LogP contribution in [0.15, 0.2) is 47.4 Å². The number of fused-ring (bicyclic) bond motifs is 1. The van der Waals surface area contributed by atoms with Crippen molar-refractivity contribution in [1.29, 1.82) is 0 Å². The number of nitrogens with one attached hydrogen (secondary N) is 2. The van der Waals surface area contributed by atoms with Crippen molar-refractivity contribution in [2.24, 2.45) is 0 Å². The summed E-state index contributed by atoms with van der Waals surface area (Å²) in [4.78, 5) is 12.9. The van der Waals surface area contributed by atoms with Gasteiger partial charge in [-0.1, -0.05) is 25.1 Å². The molecule has 1 amide bonds. The number of amides is 1. The Bertz CT molecular complexity index is 825. The normalized spacial score (nSPS) is 13.8. The van der Waals surface area contributed by atoms with E-state index in [4.69, 9.17) is 9.47 Å². The summed E-state index contributed by atoms with van der Waals surface area (Å²) in [6.07, 6.45) is 0.177. The fourth-order valence-electron chi connectivity index (χ4n) is 2.74. The summed E-state index contributed by atoms with van der Waals surface area (Å²) in [6.45, 7) is 4.59. The fourth-order valence-corrected chi connectivity index (χ4v) is 3.80. The minimum atomic E-state index is -1.28.